The summed E-state index contributed by atoms with van der Waals surface area (Å²) in [5.74, 6) is -0.138. The monoisotopic (exact) mass is 142 g/mol. The van der Waals surface area contributed by atoms with Gasteiger partial charge in [0.15, 0.2) is 0 Å². The van der Waals surface area contributed by atoms with Gasteiger partial charge in [-0.1, -0.05) is 26.0 Å². The number of ether oxygens (including phenoxy) is 1. The lowest BCUT2D eigenvalue weighted by Crippen LogP contribution is -2.01. The Morgan fingerprint density at radius 3 is 2.60 bits per heavy atom. The van der Waals surface area contributed by atoms with Crippen molar-refractivity contribution in [3.63, 3.8) is 0 Å². The van der Waals surface area contributed by atoms with Crippen molar-refractivity contribution in [1.82, 2.24) is 0 Å². The minimum Gasteiger partial charge on any atom is -0.461 e. The van der Waals surface area contributed by atoms with E-state index in [2.05, 4.69) is 0 Å². The topological polar surface area (TPSA) is 26.3 Å². The average molecular weight is 142 g/mol. The van der Waals surface area contributed by atoms with Gasteiger partial charge in [-0.05, 0) is 6.42 Å². The van der Waals surface area contributed by atoms with E-state index < -0.39 is 0 Å². The van der Waals surface area contributed by atoms with Crippen molar-refractivity contribution in [2.75, 3.05) is 6.61 Å². The van der Waals surface area contributed by atoms with Crippen LogP contribution in [0.15, 0.2) is 12.2 Å². The first-order valence-corrected chi connectivity index (χ1v) is 3.61. The smallest absolute Gasteiger partial charge is 0.305 e. The second kappa shape index (κ2) is 6.33. The molecule has 2 nitrogen and oxygen atoms in total. The van der Waals surface area contributed by atoms with Gasteiger partial charge < -0.3 is 4.74 Å². The lowest BCUT2D eigenvalue weighted by molar-refractivity contribution is -0.141. The predicted molar refractivity (Wildman–Crippen MR) is 40.7 cm³/mol. The molecule has 0 spiro atoms. The zero-order valence-corrected chi connectivity index (χ0v) is 6.59. The second-order valence-electron chi connectivity index (χ2n) is 1.92. The van der Waals surface area contributed by atoms with Crippen LogP contribution in [0.25, 0.3) is 0 Å². The Balaban J connectivity index is 3.19. The van der Waals surface area contributed by atoms with E-state index in [-0.39, 0.29) is 5.97 Å². The molecule has 0 aromatic rings. The summed E-state index contributed by atoms with van der Waals surface area (Å²) in [4.78, 5) is 10.5. The standard InChI is InChI=1S/C8H14O2/c1-3-5-6-7-10-8(9)4-2/h5-6H,3-4,7H2,1-2H3/b6-5+. The first kappa shape index (κ1) is 9.21. The number of esters is 1. The molecule has 0 aromatic heterocycles. The number of carbonyl (C=O) groups is 1. The predicted octanol–water partition coefficient (Wildman–Crippen LogP) is 1.91. The Kier molecular flexibility index (Phi) is 5.83. The molecule has 0 saturated heterocycles. The van der Waals surface area contributed by atoms with Crippen LogP contribution in [0.1, 0.15) is 26.7 Å². The molecule has 0 atom stereocenters. The number of rotatable bonds is 4. The molecular weight excluding hydrogens is 128 g/mol. The van der Waals surface area contributed by atoms with Gasteiger partial charge >= 0.3 is 5.97 Å². The van der Waals surface area contributed by atoms with Gasteiger partial charge in [0.2, 0.25) is 0 Å². The summed E-state index contributed by atoms with van der Waals surface area (Å²) in [6.45, 7) is 4.24. The summed E-state index contributed by atoms with van der Waals surface area (Å²) >= 11 is 0. The highest BCUT2D eigenvalue weighted by Crippen LogP contribution is 1.85. The minimum absolute atomic E-state index is 0.138. The molecule has 0 saturated carbocycles. The molecule has 0 aromatic carbocycles. The van der Waals surface area contributed by atoms with E-state index in [0.29, 0.717) is 13.0 Å². The van der Waals surface area contributed by atoms with E-state index in [0.717, 1.165) is 6.42 Å². The maximum absolute atomic E-state index is 10.5. The van der Waals surface area contributed by atoms with Gasteiger partial charge in [0, 0.05) is 6.42 Å². The molecule has 0 heterocycles. The highest BCUT2D eigenvalue weighted by Gasteiger charge is 1.92. The molecule has 0 aliphatic carbocycles. The summed E-state index contributed by atoms with van der Waals surface area (Å²) in [6.07, 6.45) is 5.28. The van der Waals surface area contributed by atoms with Gasteiger partial charge in [-0.25, -0.2) is 0 Å². The van der Waals surface area contributed by atoms with Crippen LogP contribution in [-0.4, -0.2) is 12.6 Å². The van der Waals surface area contributed by atoms with E-state index >= 15 is 0 Å². The third kappa shape index (κ3) is 5.35. The van der Waals surface area contributed by atoms with Crippen LogP contribution < -0.4 is 0 Å². The summed E-state index contributed by atoms with van der Waals surface area (Å²) in [5.41, 5.74) is 0. The van der Waals surface area contributed by atoms with Crippen molar-refractivity contribution in [2.45, 2.75) is 26.7 Å². The molecule has 0 rings (SSSR count). The Bertz CT molecular complexity index is 116. The van der Waals surface area contributed by atoms with E-state index in [1.54, 1.807) is 6.92 Å². The molecule has 58 valence electrons. The maximum Gasteiger partial charge on any atom is 0.305 e. The normalized spacial score (nSPS) is 10.2. The van der Waals surface area contributed by atoms with E-state index in [1.807, 2.05) is 19.1 Å². The van der Waals surface area contributed by atoms with Crippen LogP contribution in [0.3, 0.4) is 0 Å². The number of hydrogen-bond donors (Lipinski definition) is 0. The lowest BCUT2D eigenvalue weighted by Gasteiger charge is -1.96. The molecule has 0 aliphatic heterocycles. The summed E-state index contributed by atoms with van der Waals surface area (Å²) < 4.78 is 4.77. The lowest BCUT2D eigenvalue weighted by atomic mass is 10.4. The quantitative estimate of drug-likeness (QED) is 0.442. The fourth-order valence-corrected chi connectivity index (χ4v) is 0.478. The summed E-state index contributed by atoms with van der Waals surface area (Å²) in [7, 11) is 0. The van der Waals surface area contributed by atoms with Gasteiger partial charge in [0.25, 0.3) is 0 Å². The van der Waals surface area contributed by atoms with Crippen molar-refractivity contribution in [2.24, 2.45) is 0 Å². The van der Waals surface area contributed by atoms with E-state index in [9.17, 15) is 4.79 Å². The van der Waals surface area contributed by atoms with Crippen LogP contribution in [-0.2, 0) is 9.53 Å². The largest absolute Gasteiger partial charge is 0.461 e. The molecule has 0 N–H and O–H groups in total. The molecule has 10 heavy (non-hydrogen) atoms. The molecule has 0 bridgehead atoms. The second-order valence-corrected chi connectivity index (χ2v) is 1.92. The van der Waals surface area contributed by atoms with Crippen molar-refractivity contribution in [3.05, 3.63) is 12.2 Å². The summed E-state index contributed by atoms with van der Waals surface area (Å²) in [6, 6.07) is 0. The molecule has 2 heteroatoms. The van der Waals surface area contributed by atoms with Crippen molar-refractivity contribution in [3.8, 4) is 0 Å². The Morgan fingerprint density at radius 2 is 2.10 bits per heavy atom. The zero-order chi connectivity index (χ0) is 7.82. The van der Waals surface area contributed by atoms with Crippen LogP contribution in [0.5, 0.6) is 0 Å². The number of allylic oxidation sites excluding steroid dienone is 1. The molecule has 0 amide bonds. The third-order valence-corrected chi connectivity index (χ3v) is 1.03. The van der Waals surface area contributed by atoms with Crippen LogP contribution >= 0.6 is 0 Å². The molecule has 0 radical (unpaired) electrons. The van der Waals surface area contributed by atoms with E-state index in [1.165, 1.54) is 0 Å². The zero-order valence-electron chi connectivity index (χ0n) is 6.59. The molecular formula is C8H14O2. The van der Waals surface area contributed by atoms with Gasteiger partial charge in [-0.2, -0.15) is 0 Å². The van der Waals surface area contributed by atoms with Crippen LogP contribution in [0.2, 0.25) is 0 Å². The Hall–Kier alpha value is -0.790. The van der Waals surface area contributed by atoms with Gasteiger partial charge in [-0.3, -0.25) is 4.79 Å². The molecule has 0 unspecified atom stereocenters. The number of hydrogen-bond acceptors (Lipinski definition) is 2. The van der Waals surface area contributed by atoms with Gasteiger partial charge in [0.1, 0.15) is 6.61 Å². The van der Waals surface area contributed by atoms with Crippen molar-refractivity contribution < 1.29 is 9.53 Å². The van der Waals surface area contributed by atoms with Gasteiger partial charge in [0.05, 0.1) is 0 Å². The summed E-state index contributed by atoms with van der Waals surface area (Å²) in [5, 5.41) is 0. The first-order chi connectivity index (χ1) is 4.81. The Labute approximate surface area is 61.9 Å². The van der Waals surface area contributed by atoms with Crippen LogP contribution in [0, 0.1) is 0 Å². The molecule has 0 aliphatic rings. The fraction of sp³-hybridized carbons (Fsp3) is 0.625. The number of carbonyl (C=O) groups excluding carboxylic acids is 1. The van der Waals surface area contributed by atoms with Crippen molar-refractivity contribution in [1.29, 1.82) is 0 Å². The molecule has 0 fully saturated rings. The van der Waals surface area contributed by atoms with Crippen LogP contribution in [0.4, 0.5) is 0 Å². The van der Waals surface area contributed by atoms with Gasteiger partial charge in [-0.15, -0.1) is 0 Å². The SMILES string of the molecule is CC/C=C/COC(=O)CC. The average Bonchev–Trinajstić information content (AvgIpc) is 1.98. The van der Waals surface area contributed by atoms with E-state index in [4.69, 9.17) is 4.74 Å². The minimum atomic E-state index is -0.138. The maximum atomic E-state index is 10.5. The highest BCUT2D eigenvalue weighted by molar-refractivity contribution is 5.68. The first-order valence-electron chi connectivity index (χ1n) is 3.61. The Morgan fingerprint density at radius 1 is 1.40 bits per heavy atom. The fourth-order valence-electron chi connectivity index (χ4n) is 0.478. The highest BCUT2D eigenvalue weighted by atomic mass is 16.5. The third-order valence-electron chi connectivity index (χ3n) is 1.03. The van der Waals surface area contributed by atoms with Crippen molar-refractivity contribution >= 4 is 5.97 Å².